The van der Waals surface area contributed by atoms with Crippen LogP contribution in [0.25, 0.3) is 11.3 Å². The number of rotatable bonds is 3. The molecule has 0 aliphatic heterocycles. The fourth-order valence-corrected chi connectivity index (χ4v) is 1.72. The van der Waals surface area contributed by atoms with Gasteiger partial charge in [0, 0.05) is 11.8 Å². The molecule has 1 heterocycles. The number of nitrogens with zero attached hydrogens (tertiary/aromatic N) is 1. The van der Waals surface area contributed by atoms with E-state index in [4.69, 9.17) is 5.11 Å². The molecule has 0 aliphatic rings. The van der Waals surface area contributed by atoms with Crippen LogP contribution in [0.3, 0.4) is 0 Å². The van der Waals surface area contributed by atoms with Gasteiger partial charge in [0.1, 0.15) is 0 Å². The molecule has 0 aliphatic carbocycles. The van der Waals surface area contributed by atoms with Gasteiger partial charge in [-0.25, -0.2) is 0 Å². The Morgan fingerprint density at radius 2 is 1.94 bits per heavy atom. The zero-order valence-electron chi connectivity index (χ0n) is 9.55. The normalized spacial score (nSPS) is 10.2. The number of benzene rings is 1. The summed E-state index contributed by atoms with van der Waals surface area (Å²) < 4.78 is 0. The van der Waals surface area contributed by atoms with Gasteiger partial charge >= 0.3 is 5.97 Å². The molecule has 1 N–H and O–H groups in total. The van der Waals surface area contributed by atoms with Crippen molar-refractivity contribution in [3.63, 3.8) is 0 Å². The van der Waals surface area contributed by atoms with E-state index in [1.165, 1.54) is 5.56 Å². The summed E-state index contributed by atoms with van der Waals surface area (Å²) in [7, 11) is 0. The first kappa shape index (κ1) is 11.3. The Bertz CT molecular complexity index is 532. The smallest absolute Gasteiger partial charge is 0.307 e. The molecule has 2 aromatic rings. The van der Waals surface area contributed by atoms with Crippen LogP contribution in [0, 0.1) is 6.92 Å². The van der Waals surface area contributed by atoms with Gasteiger partial charge in [0.05, 0.1) is 12.1 Å². The van der Waals surface area contributed by atoms with E-state index in [-0.39, 0.29) is 6.42 Å². The van der Waals surface area contributed by atoms with E-state index in [2.05, 4.69) is 4.98 Å². The molecule has 0 saturated carbocycles. The van der Waals surface area contributed by atoms with Gasteiger partial charge in [0.25, 0.3) is 0 Å². The lowest BCUT2D eigenvalue weighted by Crippen LogP contribution is -2.02. The number of aliphatic carboxylic acids is 1. The molecule has 1 aromatic heterocycles. The molecule has 0 bridgehead atoms. The minimum absolute atomic E-state index is 0.00293. The van der Waals surface area contributed by atoms with E-state index < -0.39 is 5.97 Å². The van der Waals surface area contributed by atoms with Crippen LogP contribution in [0.2, 0.25) is 0 Å². The second-order valence-electron chi connectivity index (χ2n) is 3.95. The van der Waals surface area contributed by atoms with E-state index in [0.29, 0.717) is 0 Å². The summed E-state index contributed by atoms with van der Waals surface area (Å²) in [6.45, 7) is 2.01. The second kappa shape index (κ2) is 4.78. The lowest BCUT2D eigenvalue weighted by atomic mass is 10.0. The van der Waals surface area contributed by atoms with Crippen molar-refractivity contribution in [3.8, 4) is 11.3 Å². The standard InChI is InChI=1S/C14H13NO2/c1-10-4-6-11(7-5-10)14-12(9-13(16)17)3-2-8-15-14/h2-8H,9H2,1H3,(H,16,17). The summed E-state index contributed by atoms with van der Waals surface area (Å²) >= 11 is 0. The minimum atomic E-state index is -0.841. The number of aromatic nitrogens is 1. The maximum absolute atomic E-state index is 10.8. The van der Waals surface area contributed by atoms with Crippen LogP contribution in [0.15, 0.2) is 42.6 Å². The summed E-state index contributed by atoms with van der Waals surface area (Å²) in [5, 5.41) is 8.85. The van der Waals surface area contributed by atoms with Gasteiger partial charge in [-0.1, -0.05) is 35.9 Å². The molecule has 86 valence electrons. The highest BCUT2D eigenvalue weighted by atomic mass is 16.4. The van der Waals surface area contributed by atoms with E-state index in [1.54, 1.807) is 18.3 Å². The Morgan fingerprint density at radius 1 is 1.24 bits per heavy atom. The number of hydrogen-bond donors (Lipinski definition) is 1. The average molecular weight is 227 g/mol. The van der Waals surface area contributed by atoms with E-state index >= 15 is 0 Å². The predicted octanol–water partition coefficient (Wildman–Crippen LogP) is 2.68. The number of carboxylic acid groups (broad SMARTS) is 1. The minimum Gasteiger partial charge on any atom is -0.481 e. The third-order valence-corrected chi connectivity index (χ3v) is 2.56. The molecule has 1 aromatic carbocycles. The van der Waals surface area contributed by atoms with Gasteiger partial charge in [-0.2, -0.15) is 0 Å². The molecule has 3 heteroatoms. The van der Waals surface area contributed by atoms with Gasteiger partial charge in [-0.05, 0) is 18.6 Å². The Hall–Kier alpha value is -2.16. The fraction of sp³-hybridized carbons (Fsp3) is 0.143. The molecule has 0 radical (unpaired) electrons. The van der Waals surface area contributed by atoms with Crippen molar-refractivity contribution in [3.05, 3.63) is 53.7 Å². The summed E-state index contributed by atoms with van der Waals surface area (Å²) in [6, 6.07) is 11.5. The highest BCUT2D eigenvalue weighted by Gasteiger charge is 2.09. The van der Waals surface area contributed by atoms with Crippen molar-refractivity contribution in [1.29, 1.82) is 0 Å². The SMILES string of the molecule is Cc1ccc(-c2ncccc2CC(=O)O)cc1. The monoisotopic (exact) mass is 227 g/mol. The number of hydrogen-bond acceptors (Lipinski definition) is 2. The predicted molar refractivity (Wildman–Crippen MR) is 65.7 cm³/mol. The number of aryl methyl sites for hydroxylation is 1. The number of pyridine rings is 1. The summed E-state index contributed by atoms with van der Waals surface area (Å²) in [6.07, 6.45) is 1.68. The maximum Gasteiger partial charge on any atom is 0.307 e. The van der Waals surface area contributed by atoms with Crippen molar-refractivity contribution in [1.82, 2.24) is 4.98 Å². The molecule has 3 nitrogen and oxygen atoms in total. The van der Waals surface area contributed by atoms with Gasteiger partial charge < -0.3 is 5.11 Å². The Labute approximate surface area is 99.8 Å². The third-order valence-electron chi connectivity index (χ3n) is 2.56. The molecule has 0 unspecified atom stereocenters. The van der Waals surface area contributed by atoms with Gasteiger partial charge in [0.15, 0.2) is 0 Å². The van der Waals surface area contributed by atoms with Crippen LogP contribution in [0.1, 0.15) is 11.1 Å². The largest absolute Gasteiger partial charge is 0.481 e. The molecular weight excluding hydrogens is 214 g/mol. The molecule has 0 spiro atoms. The summed E-state index contributed by atoms with van der Waals surface area (Å²) in [4.78, 5) is 15.0. The zero-order valence-corrected chi connectivity index (χ0v) is 9.55. The van der Waals surface area contributed by atoms with Crippen LogP contribution in [-0.2, 0) is 11.2 Å². The van der Waals surface area contributed by atoms with Gasteiger partial charge in [-0.15, -0.1) is 0 Å². The molecule has 0 amide bonds. The van der Waals surface area contributed by atoms with Crippen LogP contribution in [-0.4, -0.2) is 16.1 Å². The van der Waals surface area contributed by atoms with Crippen LogP contribution >= 0.6 is 0 Å². The maximum atomic E-state index is 10.8. The van der Waals surface area contributed by atoms with Crippen LogP contribution in [0.4, 0.5) is 0 Å². The second-order valence-corrected chi connectivity index (χ2v) is 3.95. The van der Waals surface area contributed by atoms with Crippen molar-refractivity contribution < 1.29 is 9.90 Å². The lowest BCUT2D eigenvalue weighted by molar-refractivity contribution is -0.136. The Kier molecular flexibility index (Phi) is 3.19. The number of carbonyl (C=O) groups is 1. The van der Waals surface area contributed by atoms with E-state index in [0.717, 1.165) is 16.8 Å². The van der Waals surface area contributed by atoms with Gasteiger partial charge in [0.2, 0.25) is 0 Å². The molecule has 0 fully saturated rings. The zero-order chi connectivity index (χ0) is 12.3. The fourth-order valence-electron chi connectivity index (χ4n) is 1.72. The van der Waals surface area contributed by atoms with Crippen LogP contribution in [0.5, 0.6) is 0 Å². The quantitative estimate of drug-likeness (QED) is 0.877. The average Bonchev–Trinajstić information content (AvgIpc) is 2.30. The highest BCUT2D eigenvalue weighted by Crippen LogP contribution is 2.21. The Balaban J connectivity index is 2.44. The van der Waals surface area contributed by atoms with Gasteiger partial charge in [-0.3, -0.25) is 9.78 Å². The lowest BCUT2D eigenvalue weighted by Gasteiger charge is -2.06. The molecule has 2 rings (SSSR count). The topological polar surface area (TPSA) is 50.2 Å². The van der Waals surface area contributed by atoms with Crippen molar-refractivity contribution in [2.24, 2.45) is 0 Å². The van der Waals surface area contributed by atoms with Crippen molar-refractivity contribution >= 4 is 5.97 Å². The van der Waals surface area contributed by atoms with Crippen molar-refractivity contribution in [2.75, 3.05) is 0 Å². The molecule has 0 atom stereocenters. The van der Waals surface area contributed by atoms with E-state index in [9.17, 15) is 4.79 Å². The third kappa shape index (κ3) is 2.69. The first-order valence-corrected chi connectivity index (χ1v) is 5.39. The van der Waals surface area contributed by atoms with Crippen molar-refractivity contribution in [2.45, 2.75) is 13.3 Å². The first-order chi connectivity index (χ1) is 8.16. The summed E-state index contributed by atoms with van der Waals surface area (Å²) in [5.74, 6) is -0.841. The summed E-state index contributed by atoms with van der Waals surface area (Å²) in [5.41, 5.74) is 3.61. The first-order valence-electron chi connectivity index (χ1n) is 5.39. The highest BCUT2D eigenvalue weighted by molar-refractivity contribution is 5.74. The van der Waals surface area contributed by atoms with E-state index in [1.807, 2.05) is 31.2 Å². The Morgan fingerprint density at radius 3 is 2.59 bits per heavy atom. The molecule has 17 heavy (non-hydrogen) atoms. The van der Waals surface area contributed by atoms with Crippen LogP contribution < -0.4 is 0 Å². The molecular formula is C14H13NO2. The molecule has 0 saturated heterocycles. The number of carboxylic acids is 1.